The van der Waals surface area contributed by atoms with Crippen molar-refractivity contribution in [3.8, 4) is 5.75 Å². The van der Waals surface area contributed by atoms with Crippen molar-refractivity contribution in [2.75, 3.05) is 13.7 Å². The summed E-state index contributed by atoms with van der Waals surface area (Å²) >= 11 is 0. The van der Waals surface area contributed by atoms with Gasteiger partial charge in [0.2, 0.25) is 5.78 Å². The molecule has 1 aromatic rings. The van der Waals surface area contributed by atoms with Crippen LogP contribution >= 0.6 is 0 Å². The lowest BCUT2D eigenvalue weighted by molar-refractivity contribution is -0.0125. The van der Waals surface area contributed by atoms with Gasteiger partial charge in [-0.3, -0.25) is 9.48 Å². The largest absolute Gasteiger partial charge is 0.493 e. The second-order valence-electron chi connectivity index (χ2n) is 4.22. The van der Waals surface area contributed by atoms with Gasteiger partial charge in [0, 0.05) is 13.2 Å². The number of hydrogen-bond acceptors (Lipinski definition) is 4. The lowest BCUT2D eigenvalue weighted by Gasteiger charge is -2.26. The maximum atomic E-state index is 12.6. The highest BCUT2D eigenvalue weighted by Crippen LogP contribution is 2.27. The van der Waals surface area contributed by atoms with Crippen molar-refractivity contribution in [2.45, 2.75) is 46.3 Å². The number of carbonyl (C=O) groups is 1. The number of Topliss-reactive ketones (excluding diaryl/α,β-unsaturated/α-hetero) is 1. The monoisotopic (exact) mass is 254 g/mol. The highest BCUT2D eigenvalue weighted by molar-refractivity contribution is 6.03. The van der Waals surface area contributed by atoms with Crippen molar-refractivity contribution < 1.29 is 14.3 Å². The second-order valence-corrected chi connectivity index (χ2v) is 4.22. The van der Waals surface area contributed by atoms with Gasteiger partial charge in [0.15, 0.2) is 5.75 Å². The maximum Gasteiger partial charge on any atom is 0.216 e. The first kappa shape index (κ1) is 14.7. The molecule has 1 aromatic heterocycles. The smallest absolute Gasteiger partial charge is 0.216 e. The second kappa shape index (κ2) is 6.00. The third kappa shape index (κ3) is 2.56. The number of hydrogen-bond donors (Lipinski definition) is 0. The van der Waals surface area contributed by atoms with Crippen LogP contribution in [0.1, 0.15) is 44.6 Å². The van der Waals surface area contributed by atoms with E-state index in [4.69, 9.17) is 9.47 Å². The highest BCUT2D eigenvalue weighted by atomic mass is 16.5. The van der Waals surface area contributed by atoms with E-state index in [1.54, 1.807) is 10.9 Å². The number of aryl methyl sites for hydroxylation is 1. The van der Waals surface area contributed by atoms with Crippen LogP contribution in [-0.2, 0) is 11.3 Å². The SMILES string of the molecule is CCOC(C)(CC)C(=O)c1c(OC)cnn1CC. The number of ether oxygens (including phenoxy) is 2. The molecule has 18 heavy (non-hydrogen) atoms. The van der Waals surface area contributed by atoms with E-state index >= 15 is 0 Å². The van der Waals surface area contributed by atoms with Crippen molar-refractivity contribution in [1.82, 2.24) is 9.78 Å². The average molecular weight is 254 g/mol. The molecule has 0 aliphatic heterocycles. The van der Waals surface area contributed by atoms with Crippen molar-refractivity contribution in [1.29, 1.82) is 0 Å². The first-order valence-corrected chi connectivity index (χ1v) is 6.32. The molecular weight excluding hydrogens is 232 g/mol. The Morgan fingerprint density at radius 1 is 1.44 bits per heavy atom. The Bertz CT molecular complexity index is 393. The summed E-state index contributed by atoms with van der Waals surface area (Å²) in [5.74, 6) is 0.421. The van der Waals surface area contributed by atoms with Gasteiger partial charge in [-0.15, -0.1) is 0 Å². The number of rotatable bonds is 7. The van der Waals surface area contributed by atoms with Crippen molar-refractivity contribution in [3.05, 3.63) is 11.9 Å². The minimum atomic E-state index is -0.824. The van der Waals surface area contributed by atoms with Crippen LogP contribution in [0, 0.1) is 0 Å². The lowest BCUT2D eigenvalue weighted by atomic mass is 9.94. The van der Waals surface area contributed by atoms with Crippen LogP contribution in [-0.4, -0.2) is 34.9 Å². The summed E-state index contributed by atoms with van der Waals surface area (Å²) in [6.07, 6.45) is 2.18. The van der Waals surface area contributed by atoms with Gasteiger partial charge in [0.1, 0.15) is 11.3 Å². The minimum Gasteiger partial charge on any atom is -0.493 e. The lowest BCUT2D eigenvalue weighted by Crippen LogP contribution is -2.39. The van der Waals surface area contributed by atoms with Crippen LogP contribution in [0.4, 0.5) is 0 Å². The third-order valence-electron chi connectivity index (χ3n) is 3.16. The molecule has 0 saturated carbocycles. The zero-order chi connectivity index (χ0) is 13.8. The molecule has 0 N–H and O–H groups in total. The Hall–Kier alpha value is -1.36. The van der Waals surface area contributed by atoms with Gasteiger partial charge in [-0.25, -0.2) is 0 Å². The summed E-state index contributed by atoms with van der Waals surface area (Å²) < 4.78 is 12.5. The Balaban J connectivity index is 3.19. The molecule has 1 rings (SSSR count). The topological polar surface area (TPSA) is 53.4 Å². The third-order valence-corrected chi connectivity index (χ3v) is 3.16. The van der Waals surface area contributed by atoms with E-state index in [1.165, 1.54) is 7.11 Å². The zero-order valence-electron chi connectivity index (χ0n) is 11.8. The average Bonchev–Trinajstić information content (AvgIpc) is 2.80. The molecule has 5 heteroatoms. The van der Waals surface area contributed by atoms with E-state index in [2.05, 4.69) is 5.10 Å². The fourth-order valence-electron chi connectivity index (χ4n) is 1.88. The summed E-state index contributed by atoms with van der Waals surface area (Å²) in [5, 5.41) is 4.15. The Labute approximate surface area is 108 Å². The summed E-state index contributed by atoms with van der Waals surface area (Å²) in [5.41, 5.74) is -0.340. The van der Waals surface area contributed by atoms with Gasteiger partial charge < -0.3 is 9.47 Å². The van der Waals surface area contributed by atoms with Crippen LogP contribution in [0.3, 0.4) is 0 Å². The number of ketones is 1. The van der Waals surface area contributed by atoms with Crippen molar-refractivity contribution in [2.24, 2.45) is 0 Å². The van der Waals surface area contributed by atoms with E-state index in [0.29, 0.717) is 31.0 Å². The molecule has 5 nitrogen and oxygen atoms in total. The standard InChI is InChI=1S/C13H22N2O3/c1-6-13(4,18-8-3)12(16)11-10(17-5)9-14-15(11)7-2/h9H,6-8H2,1-5H3. The van der Waals surface area contributed by atoms with Crippen molar-refractivity contribution in [3.63, 3.8) is 0 Å². The number of nitrogens with zero attached hydrogens (tertiary/aromatic N) is 2. The Morgan fingerprint density at radius 2 is 2.11 bits per heavy atom. The minimum absolute atomic E-state index is 0.0805. The molecule has 0 bridgehead atoms. The Kier molecular flexibility index (Phi) is 4.90. The van der Waals surface area contributed by atoms with Gasteiger partial charge in [0.05, 0.1) is 13.3 Å². The molecule has 1 heterocycles. The van der Waals surface area contributed by atoms with Crippen LogP contribution < -0.4 is 4.74 Å². The zero-order valence-corrected chi connectivity index (χ0v) is 11.8. The van der Waals surface area contributed by atoms with Gasteiger partial charge in [0.25, 0.3) is 0 Å². The van der Waals surface area contributed by atoms with Crippen molar-refractivity contribution >= 4 is 5.78 Å². The molecule has 1 atom stereocenters. The highest BCUT2D eigenvalue weighted by Gasteiger charge is 2.36. The van der Waals surface area contributed by atoms with Gasteiger partial charge in [-0.05, 0) is 27.2 Å². The van der Waals surface area contributed by atoms with Gasteiger partial charge in [-0.2, -0.15) is 5.10 Å². The molecule has 0 spiro atoms. The quantitative estimate of drug-likeness (QED) is 0.701. The molecule has 0 radical (unpaired) electrons. The summed E-state index contributed by atoms with van der Waals surface area (Å²) in [4.78, 5) is 12.6. The first-order chi connectivity index (χ1) is 8.53. The van der Waals surface area contributed by atoms with E-state index in [-0.39, 0.29) is 5.78 Å². The summed E-state index contributed by atoms with van der Waals surface area (Å²) in [7, 11) is 1.54. The first-order valence-electron chi connectivity index (χ1n) is 6.32. The number of carbonyl (C=O) groups excluding carboxylic acids is 1. The van der Waals surface area contributed by atoms with Gasteiger partial charge in [-0.1, -0.05) is 6.92 Å². The number of methoxy groups -OCH3 is 1. The maximum absolute atomic E-state index is 12.6. The van der Waals surface area contributed by atoms with E-state index in [0.717, 1.165) is 0 Å². The molecular formula is C13H22N2O3. The Morgan fingerprint density at radius 3 is 2.56 bits per heavy atom. The number of aromatic nitrogens is 2. The molecule has 0 aromatic carbocycles. The van der Waals surface area contributed by atoms with E-state index in [1.807, 2.05) is 27.7 Å². The van der Waals surface area contributed by atoms with Crippen LogP contribution in [0.2, 0.25) is 0 Å². The molecule has 0 fully saturated rings. The fraction of sp³-hybridized carbons (Fsp3) is 0.692. The molecule has 0 aliphatic rings. The summed E-state index contributed by atoms with van der Waals surface area (Å²) in [6.45, 7) is 8.69. The van der Waals surface area contributed by atoms with Crippen LogP contribution in [0.5, 0.6) is 5.75 Å². The normalized spacial score (nSPS) is 14.3. The van der Waals surface area contributed by atoms with Crippen LogP contribution in [0.15, 0.2) is 6.20 Å². The fourth-order valence-corrected chi connectivity index (χ4v) is 1.88. The molecule has 0 amide bonds. The van der Waals surface area contributed by atoms with Gasteiger partial charge >= 0.3 is 0 Å². The predicted octanol–water partition coefficient (Wildman–Crippen LogP) is 2.30. The molecule has 1 unspecified atom stereocenters. The van der Waals surface area contributed by atoms with Crippen LogP contribution in [0.25, 0.3) is 0 Å². The van der Waals surface area contributed by atoms with E-state index < -0.39 is 5.60 Å². The molecule has 0 saturated heterocycles. The predicted molar refractivity (Wildman–Crippen MR) is 69.1 cm³/mol. The summed E-state index contributed by atoms with van der Waals surface area (Å²) in [6, 6.07) is 0. The molecule has 0 aliphatic carbocycles. The molecule has 102 valence electrons. The van der Waals surface area contributed by atoms with E-state index in [9.17, 15) is 4.79 Å².